The lowest BCUT2D eigenvalue weighted by atomic mass is 9.81. The summed E-state index contributed by atoms with van der Waals surface area (Å²) in [6, 6.07) is -0.811. The predicted octanol–water partition coefficient (Wildman–Crippen LogP) is 1.38. The van der Waals surface area contributed by atoms with Crippen molar-refractivity contribution in [2.45, 2.75) is 38.6 Å². The highest BCUT2D eigenvalue weighted by molar-refractivity contribution is 5.79. The summed E-state index contributed by atoms with van der Waals surface area (Å²) in [5.41, 5.74) is 0. The molecule has 2 N–H and O–H groups in total. The first-order chi connectivity index (χ1) is 7.13. The Morgan fingerprint density at radius 2 is 2.20 bits per heavy atom. The van der Waals surface area contributed by atoms with Crippen molar-refractivity contribution in [1.82, 2.24) is 5.32 Å². The van der Waals surface area contributed by atoms with Crippen molar-refractivity contribution in [2.75, 3.05) is 6.61 Å². The third kappa shape index (κ3) is 3.77. The van der Waals surface area contributed by atoms with Crippen molar-refractivity contribution in [3.63, 3.8) is 0 Å². The molecular weight excluding hydrogens is 198 g/mol. The van der Waals surface area contributed by atoms with Crippen LogP contribution in [0.4, 0.5) is 4.79 Å². The fraction of sp³-hybridized carbons (Fsp3) is 0.800. The van der Waals surface area contributed by atoms with E-state index in [0.29, 0.717) is 12.3 Å². The quantitative estimate of drug-likeness (QED) is 0.726. The molecule has 1 fully saturated rings. The maximum absolute atomic E-state index is 11.0. The van der Waals surface area contributed by atoms with E-state index in [1.165, 1.54) is 0 Å². The van der Waals surface area contributed by atoms with Crippen LogP contribution in [0.5, 0.6) is 0 Å². The predicted molar refractivity (Wildman–Crippen MR) is 53.5 cm³/mol. The van der Waals surface area contributed by atoms with Gasteiger partial charge in [0.05, 0.1) is 6.61 Å². The Bertz CT molecular complexity index is 238. The summed E-state index contributed by atoms with van der Waals surface area (Å²) in [7, 11) is 0. The van der Waals surface area contributed by atoms with Gasteiger partial charge in [0.15, 0.2) is 0 Å². The van der Waals surface area contributed by atoms with Gasteiger partial charge in [-0.05, 0) is 19.3 Å². The smallest absolute Gasteiger partial charge is 0.407 e. The minimum absolute atomic E-state index is 0.252. The number of amides is 1. The van der Waals surface area contributed by atoms with Gasteiger partial charge in [0, 0.05) is 0 Å². The van der Waals surface area contributed by atoms with E-state index in [1.807, 2.05) is 0 Å². The first kappa shape index (κ1) is 11.8. The molecule has 0 spiro atoms. The Balaban J connectivity index is 2.35. The Hall–Kier alpha value is -1.26. The van der Waals surface area contributed by atoms with Gasteiger partial charge in [0.1, 0.15) is 6.04 Å². The number of rotatable bonds is 5. The molecule has 0 radical (unpaired) electrons. The molecule has 5 heteroatoms. The number of carboxylic acid groups (broad SMARTS) is 1. The maximum Gasteiger partial charge on any atom is 0.407 e. The second-order valence-corrected chi connectivity index (χ2v) is 3.79. The topological polar surface area (TPSA) is 75.6 Å². The molecule has 0 aromatic heterocycles. The molecule has 0 aliphatic heterocycles. The van der Waals surface area contributed by atoms with Gasteiger partial charge in [-0.1, -0.05) is 19.3 Å². The molecule has 0 heterocycles. The molecular formula is C10H17NO4. The number of hydrogen-bond acceptors (Lipinski definition) is 3. The van der Waals surface area contributed by atoms with Crippen molar-refractivity contribution in [1.29, 1.82) is 0 Å². The lowest BCUT2D eigenvalue weighted by molar-refractivity contribution is -0.140. The van der Waals surface area contributed by atoms with Crippen LogP contribution in [-0.2, 0) is 9.53 Å². The van der Waals surface area contributed by atoms with Gasteiger partial charge >= 0.3 is 12.1 Å². The molecule has 0 bridgehead atoms. The summed E-state index contributed by atoms with van der Waals surface area (Å²) in [6.45, 7) is 1.93. The van der Waals surface area contributed by atoms with Crippen LogP contribution in [0.2, 0.25) is 0 Å². The van der Waals surface area contributed by atoms with Gasteiger partial charge < -0.3 is 15.2 Å². The van der Waals surface area contributed by atoms with E-state index < -0.39 is 18.1 Å². The maximum atomic E-state index is 11.0. The van der Waals surface area contributed by atoms with Gasteiger partial charge in [-0.25, -0.2) is 9.59 Å². The van der Waals surface area contributed by atoms with Crippen molar-refractivity contribution in [2.24, 2.45) is 5.92 Å². The minimum Gasteiger partial charge on any atom is -0.480 e. The Morgan fingerprint density at radius 3 is 2.60 bits per heavy atom. The molecule has 5 nitrogen and oxygen atoms in total. The van der Waals surface area contributed by atoms with E-state index in [9.17, 15) is 9.59 Å². The molecule has 1 rings (SSSR count). The zero-order chi connectivity index (χ0) is 11.3. The van der Waals surface area contributed by atoms with Crippen LogP contribution in [0.25, 0.3) is 0 Å². The van der Waals surface area contributed by atoms with E-state index in [2.05, 4.69) is 10.1 Å². The number of nitrogens with one attached hydrogen (secondary N) is 1. The van der Waals surface area contributed by atoms with E-state index >= 15 is 0 Å². The molecule has 1 atom stereocenters. The van der Waals surface area contributed by atoms with Crippen LogP contribution >= 0.6 is 0 Å². The monoisotopic (exact) mass is 215 g/mol. The second-order valence-electron chi connectivity index (χ2n) is 3.79. The summed E-state index contributed by atoms with van der Waals surface area (Å²) in [6.07, 6.45) is 3.15. The Kier molecular flexibility index (Phi) is 4.39. The molecule has 0 saturated heterocycles. The van der Waals surface area contributed by atoms with Crippen LogP contribution < -0.4 is 5.32 Å². The van der Waals surface area contributed by atoms with E-state index in [-0.39, 0.29) is 6.61 Å². The van der Waals surface area contributed by atoms with Crippen LogP contribution in [0, 0.1) is 5.92 Å². The van der Waals surface area contributed by atoms with Gasteiger partial charge in [0.2, 0.25) is 0 Å². The average Bonchev–Trinajstić information content (AvgIpc) is 2.09. The first-order valence-corrected chi connectivity index (χ1v) is 5.29. The van der Waals surface area contributed by atoms with Crippen molar-refractivity contribution >= 4 is 12.1 Å². The zero-order valence-corrected chi connectivity index (χ0v) is 8.86. The fourth-order valence-corrected chi connectivity index (χ4v) is 1.60. The van der Waals surface area contributed by atoms with Crippen LogP contribution in [0.3, 0.4) is 0 Å². The van der Waals surface area contributed by atoms with E-state index in [1.54, 1.807) is 6.92 Å². The standard InChI is InChI=1S/C10H17NO4/c1-2-15-10(14)11-8(9(12)13)6-7-4-3-5-7/h7-8H,2-6H2,1H3,(H,11,14)(H,12,13)/t8-/m0/s1. The van der Waals surface area contributed by atoms with Crippen molar-refractivity contribution in [3.8, 4) is 0 Å². The lowest BCUT2D eigenvalue weighted by Crippen LogP contribution is -2.43. The van der Waals surface area contributed by atoms with Gasteiger partial charge in [-0.3, -0.25) is 0 Å². The third-order valence-corrected chi connectivity index (χ3v) is 2.66. The van der Waals surface area contributed by atoms with E-state index in [0.717, 1.165) is 19.3 Å². The highest BCUT2D eigenvalue weighted by atomic mass is 16.5. The highest BCUT2D eigenvalue weighted by Gasteiger charge is 2.27. The second kappa shape index (κ2) is 5.58. The number of carboxylic acids is 1. The molecule has 1 saturated carbocycles. The van der Waals surface area contributed by atoms with Gasteiger partial charge in [-0.15, -0.1) is 0 Å². The van der Waals surface area contributed by atoms with E-state index in [4.69, 9.17) is 5.11 Å². The third-order valence-electron chi connectivity index (χ3n) is 2.66. The zero-order valence-electron chi connectivity index (χ0n) is 8.86. The number of carbonyl (C=O) groups is 2. The molecule has 1 aliphatic rings. The van der Waals surface area contributed by atoms with Crippen LogP contribution in [0.1, 0.15) is 32.6 Å². The SMILES string of the molecule is CCOC(=O)N[C@@H](CC1CCC1)C(=O)O. The van der Waals surface area contributed by atoms with Crippen LogP contribution in [-0.4, -0.2) is 29.8 Å². The summed E-state index contributed by atoms with van der Waals surface area (Å²) >= 11 is 0. The molecule has 1 amide bonds. The molecule has 15 heavy (non-hydrogen) atoms. The number of ether oxygens (including phenoxy) is 1. The first-order valence-electron chi connectivity index (χ1n) is 5.29. The van der Waals surface area contributed by atoms with Gasteiger partial charge in [-0.2, -0.15) is 0 Å². The van der Waals surface area contributed by atoms with Gasteiger partial charge in [0.25, 0.3) is 0 Å². The largest absolute Gasteiger partial charge is 0.480 e. The molecule has 0 aromatic carbocycles. The summed E-state index contributed by atoms with van der Waals surface area (Å²) < 4.78 is 4.64. The Labute approximate surface area is 88.8 Å². The fourth-order valence-electron chi connectivity index (χ4n) is 1.60. The lowest BCUT2D eigenvalue weighted by Gasteiger charge is -2.28. The molecule has 0 unspecified atom stereocenters. The Morgan fingerprint density at radius 1 is 1.53 bits per heavy atom. The number of hydrogen-bond donors (Lipinski definition) is 2. The number of alkyl carbamates (subject to hydrolysis) is 1. The summed E-state index contributed by atoms with van der Waals surface area (Å²) in [4.78, 5) is 21.9. The summed E-state index contributed by atoms with van der Waals surface area (Å²) in [5, 5.41) is 11.2. The highest BCUT2D eigenvalue weighted by Crippen LogP contribution is 2.30. The van der Waals surface area contributed by atoms with Crippen molar-refractivity contribution in [3.05, 3.63) is 0 Å². The summed E-state index contributed by atoms with van der Waals surface area (Å²) in [5.74, 6) is -0.553. The van der Waals surface area contributed by atoms with Crippen molar-refractivity contribution < 1.29 is 19.4 Å². The normalized spacial score (nSPS) is 17.7. The molecule has 0 aromatic rings. The number of aliphatic carboxylic acids is 1. The minimum atomic E-state index is -0.991. The number of carbonyl (C=O) groups excluding carboxylic acids is 1. The molecule has 1 aliphatic carbocycles. The van der Waals surface area contributed by atoms with Crippen LogP contribution in [0.15, 0.2) is 0 Å². The molecule has 86 valence electrons. The average molecular weight is 215 g/mol.